The van der Waals surface area contributed by atoms with Gasteiger partial charge in [-0.1, -0.05) is 48.7 Å². The monoisotopic (exact) mass is 313 g/mol. The minimum absolute atomic E-state index is 0.191. The number of rotatable bonds is 3. The summed E-state index contributed by atoms with van der Waals surface area (Å²) >= 11 is 3.42. The van der Waals surface area contributed by atoms with Crippen LogP contribution in [0.5, 0.6) is 0 Å². The minimum atomic E-state index is -0.191. The fourth-order valence-corrected chi connectivity index (χ4v) is 3.26. The van der Waals surface area contributed by atoms with Gasteiger partial charge in [0.05, 0.1) is 0 Å². The van der Waals surface area contributed by atoms with Gasteiger partial charge in [-0.05, 0) is 36.0 Å². The van der Waals surface area contributed by atoms with Crippen molar-refractivity contribution in [3.63, 3.8) is 0 Å². The summed E-state index contributed by atoms with van der Waals surface area (Å²) in [5, 5.41) is 3.64. The maximum Gasteiger partial charge on any atom is 0.124 e. The van der Waals surface area contributed by atoms with Gasteiger partial charge in [0.2, 0.25) is 0 Å². The van der Waals surface area contributed by atoms with Crippen molar-refractivity contribution in [2.24, 2.45) is 5.41 Å². The Kier molecular flexibility index (Phi) is 4.44. The fourth-order valence-electron chi connectivity index (χ4n) is 2.77. The first-order valence-electron chi connectivity index (χ1n) is 6.66. The van der Waals surface area contributed by atoms with Crippen LogP contribution in [-0.2, 0) is 6.54 Å². The molecule has 2 rings (SSSR count). The molecule has 100 valence electrons. The number of halogens is 2. The summed E-state index contributed by atoms with van der Waals surface area (Å²) in [5.74, 6) is -0.191. The molecule has 18 heavy (non-hydrogen) atoms. The van der Waals surface area contributed by atoms with Crippen LogP contribution in [0.1, 0.15) is 45.1 Å². The number of benzene rings is 1. The highest BCUT2D eigenvalue weighted by Gasteiger charge is 2.31. The molecule has 1 fully saturated rings. The van der Waals surface area contributed by atoms with Crippen LogP contribution in [0.15, 0.2) is 22.7 Å². The summed E-state index contributed by atoms with van der Waals surface area (Å²) in [7, 11) is 0. The molecule has 0 amide bonds. The summed E-state index contributed by atoms with van der Waals surface area (Å²) in [6.07, 6.45) is 5.18. The van der Waals surface area contributed by atoms with E-state index in [-0.39, 0.29) is 5.82 Å². The van der Waals surface area contributed by atoms with Gasteiger partial charge in [-0.15, -0.1) is 0 Å². The molecule has 1 aromatic rings. The van der Waals surface area contributed by atoms with E-state index in [1.165, 1.54) is 37.8 Å². The van der Waals surface area contributed by atoms with Crippen LogP contribution in [0.2, 0.25) is 0 Å². The molecule has 0 saturated heterocycles. The summed E-state index contributed by atoms with van der Waals surface area (Å²) < 4.78 is 13.9. The molecule has 1 aliphatic rings. The third-order valence-corrected chi connectivity index (χ3v) is 4.80. The summed E-state index contributed by atoms with van der Waals surface area (Å²) in [4.78, 5) is 0. The quantitative estimate of drug-likeness (QED) is 0.856. The molecule has 1 saturated carbocycles. The van der Waals surface area contributed by atoms with Crippen LogP contribution in [0, 0.1) is 11.2 Å². The molecule has 0 bridgehead atoms. The predicted molar refractivity (Wildman–Crippen MR) is 77.0 cm³/mol. The lowest BCUT2D eigenvalue weighted by atomic mass is 9.73. The first-order chi connectivity index (χ1) is 8.49. The topological polar surface area (TPSA) is 12.0 Å². The Bertz CT molecular complexity index is 417. The van der Waals surface area contributed by atoms with Crippen molar-refractivity contribution >= 4 is 15.9 Å². The lowest BCUT2D eigenvalue weighted by molar-refractivity contribution is 0.166. The molecule has 1 atom stereocenters. The standard InChI is InChI=1S/C15H21BrFN/c1-15(2)8-4-3-5-14(15)18-10-11-6-7-12(17)9-13(11)16/h6-7,9,14,18H,3-5,8,10H2,1-2H3. The highest BCUT2D eigenvalue weighted by Crippen LogP contribution is 2.35. The number of hydrogen-bond acceptors (Lipinski definition) is 1. The second-order valence-corrected chi connectivity index (χ2v) is 6.76. The molecule has 1 unspecified atom stereocenters. The molecule has 0 heterocycles. The molecule has 0 radical (unpaired) electrons. The Hall–Kier alpha value is -0.410. The molecular weight excluding hydrogens is 293 g/mol. The van der Waals surface area contributed by atoms with Gasteiger partial charge < -0.3 is 5.32 Å². The van der Waals surface area contributed by atoms with Gasteiger partial charge in [0, 0.05) is 17.1 Å². The Morgan fingerprint density at radius 1 is 1.39 bits per heavy atom. The second-order valence-electron chi connectivity index (χ2n) is 5.90. The van der Waals surface area contributed by atoms with E-state index >= 15 is 0 Å². The third-order valence-electron chi connectivity index (χ3n) is 4.06. The van der Waals surface area contributed by atoms with Gasteiger partial charge in [0.1, 0.15) is 5.82 Å². The van der Waals surface area contributed by atoms with E-state index in [0.717, 1.165) is 16.6 Å². The molecule has 0 aliphatic heterocycles. The van der Waals surface area contributed by atoms with Crippen molar-refractivity contribution in [3.05, 3.63) is 34.1 Å². The second kappa shape index (κ2) is 5.70. The van der Waals surface area contributed by atoms with Crippen LogP contribution in [0.25, 0.3) is 0 Å². The largest absolute Gasteiger partial charge is 0.309 e. The van der Waals surface area contributed by atoms with E-state index in [1.807, 2.05) is 6.07 Å². The maximum atomic E-state index is 13.0. The molecule has 1 aliphatic carbocycles. The van der Waals surface area contributed by atoms with Gasteiger partial charge in [-0.3, -0.25) is 0 Å². The van der Waals surface area contributed by atoms with Crippen LogP contribution >= 0.6 is 15.9 Å². The zero-order valence-electron chi connectivity index (χ0n) is 11.1. The lowest BCUT2D eigenvalue weighted by Gasteiger charge is -2.39. The zero-order chi connectivity index (χ0) is 13.2. The zero-order valence-corrected chi connectivity index (χ0v) is 12.7. The summed E-state index contributed by atoms with van der Waals surface area (Å²) in [6, 6.07) is 5.46. The third kappa shape index (κ3) is 3.33. The van der Waals surface area contributed by atoms with Crippen LogP contribution in [0.4, 0.5) is 4.39 Å². The lowest BCUT2D eigenvalue weighted by Crippen LogP contribution is -2.43. The molecule has 3 heteroatoms. The SMILES string of the molecule is CC1(C)CCCCC1NCc1ccc(F)cc1Br. The fraction of sp³-hybridized carbons (Fsp3) is 0.600. The maximum absolute atomic E-state index is 13.0. The van der Waals surface area contributed by atoms with Crippen LogP contribution < -0.4 is 5.32 Å². The average molecular weight is 314 g/mol. The van der Waals surface area contributed by atoms with Gasteiger partial charge >= 0.3 is 0 Å². The molecule has 1 nitrogen and oxygen atoms in total. The van der Waals surface area contributed by atoms with Crippen molar-refractivity contribution < 1.29 is 4.39 Å². The Morgan fingerprint density at radius 3 is 2.83 bits per heavy atom. The van der Waals surface area contributed by atoms with Crippen molar-refractivity contribution in [3.8, 4) is 0 Å². The molecule has 1 aromatic carbocycles. The van der Waals surface area contributed by atoms with E-state index in [2.05, 4.69) is 35.1 Å². The smallest absolute Gasteiger partial charge is 0.124 e. The van der Waals surface area contributed by atoms with Crippen LogP contribution in [-0.4, -0.2) is 6.04 Å². The number of nitrogens with one attached hydrogen (secondary N) is 1. The Morgan fingerprint density at radius 2 is 2.17 bits per heavy atom. The van der Waals surface area contributed by atoms with Crippen molar-refractivity contribution in [1.29, 1.82) is 0 Å². The van der Waals surface area contributed by atoms with E-state index in [1.54, 1.807) is 0 Å². The van der Waals surface area contributed by atoms with Gasteiger partial charge in [-0.25, -0.2) is 4.39 Å². The van der Waals surface area contributed by atoms with Crippen LogP contribution in [0.3, 0.4) is 0 Å². The van der Waals surface area contributed by atoms with Gasteiger partial charge in [0.25, 0.3) is 0 Å². The Balaban J connectivity index is 1.98. The summed E-state index contributed by atoms with van der Waals surface area (Å²) in [5.41, 5.74) is 1.49. The van der Waals surface area contributed by atoms with Gasteiger partial charge in [-0.2, -0.15) is 0 Å². The van der Waals surface area contributed by atoms with E-state index in [4.69, 9.17) is 0 Å². The molecular formula is C15H21BrFN. The molecule has 0 spiro atoms. The number of hydrogen-bond donors (Lipinski definition) is 1. The summed E-state index contributed by atoms with van der Waals surface area (Å²) in [6.45, 7) is 5.47. The van der Waals surface area contributed by atoms with Crippen molar-refractivity contribution in [1.82, 2.24) is 5.32 Å². The van der Waals surface area contributed by atoms with E-state index < -0.39 is 0 Å². The molecule has 1 N–H and O–H groups in total. The average Bonchev–Trinajstić information content (AvgIpc) is 2.29. The van der Waals surface area contributed by atoms with E-state index in [9.17, 15) is 4.39 Å². The highest BCUT2D eigenvalue weighted by atomic mass is 79.9. The molecule has 0 aromatic heterocycles. The Labute approximate surface area is 117 Å². The van der Waals surface area contributed by atoms with Gasteiger partial charge in [0.15, 0.2) is 0 Å². The highest BCUT2D eigenvalue weighted by molar-refractivity contribution is 9.10. The minimum Gasteiger partial charge on any atom is -0.309 e. The van der Waals surface area contributed by atoms with E-state index in [0.29, 0.717) is 11.5 Å². The first kappa shape index (κ1) is 14.0. The predicted octanol–water partition coefficient (Wildman–Crippen LogP) is 4.65. The first-order valence-corrected chi connectivity index (χ1v) is 7.46. The normalized spacial score (nSPS) is 23.0. The van der Waals surface area contributed by atoms with Crippen molar-refractivity contribution in [2.45, 2.75) is 52.1 Å². The van der Waals surface area contributed by atoms with Crippen molar-refractivity contribution in [2.75, 3.05) is 0 Å².